The SMILES string of the molecule is CCC#CCCCCCCCCBr.CCC#CCCCCCCCC[n+]1ccccc1C.Cc1ccccn1.[Br-]. The summed E-state index contributed by atoms with van der Waals surface area (Å²) in [6.07, 6.45) is 24.3. The fraction of sp³-hybridized carbons (Fsp3) is 0.611. The molecule has 0 atom stereocenters. The van der Waals surface area contributed by atoms with Gasteiger partial charge in [0.2, 0.25) is 0 Å². The van der Waals surface area contributed by atoms with Crippen molar-refractivity contribution in [1.29, 1.82) is 0 Å². The first kappa shape index (κ1) is 40.5. The molecule has 0 bridgehead atoms. The van der Waals surface area contributed by atoms with Crippen molar-refractivity contribution in [3.63, 3.8) is 0 Å². The van der Waals surface area contributed by atoms with Crippen LogP contribution in [-0.4, -0.2) is 10.3 Å². The second-order valence-electron chi connectivity index (χ2n) is 9.85. The molecule has 0 amide bonds. The number of alkyl halides is 1. The molecule has 2 nitrogen and oxygen atoms in total. The van der Waals surface area contributed by atoms with Crippen LogP contribution in [0.3, 0.4) is 0 Å². The number of unbranched alkanes of at least 4 members (excludes halogenated alkanes) is 12. The van der Waals surface area contributed by atoms with E-state index in [2.05, 4.69) is 94.3 Å². The monoisotopic (exact) mass is 674 g/mol. The Kier molecular flexibility index (Phi) is 34.0. The van der Waals surface area contributed by atoms with E-state index in [0.717, 1.165) is 43.3 Å². The maximum atomic E-state index is 3.98. The molecule has 2 aromatic heterocycles. The summed E-state index contributed by atoms with van der Waals surface area (Å²) in [7, 11) is 0. The van der Waals surface area contributed by atoms with Gasteiger partial charge in [-0.15, -0.1) is 23.7 Å². The zero-order valence-electron chi connectivity index (χ0n) is 26.0. The van der Waals surface area contributed by atoms with E-state index in [4.69, 9.17) is 0 Å². The Morgan fingerprint density at radius 3 is 1.62 bits per heavy atom. The van der Waals surface area contributed by atoms with Crippen molar-refractivity contribution in [2.75, 3.05) is 5.33 Å². The summed E-state index contributed by atoms with van der Waals surface area (Å²) in [5, 5.41) is 1.16. The van der Waals surface area contributed by atoms with Gasteiger partial charge in [-0.25, -0.2) is 4.57 Å². The van der Waals surface area contributed by atoms with E-state index in [-0.39, 0.29) is 17.0 Å². The molecule has 0 aliphatic heterocycles. The molecule has 40 heavy (non-hydrogen) atoms. The Bertz CT molecular complexity index is 907. The summed E-state index contributed by atoms with van der Waals surface area (Å²) in [6, 6.07) is 12.3. The van der Waals surface area contributed by atoms with Gasteiger partial charge in [0.05, 0.1) is 0 Å². The van der Waals surface area contributed by atoms with Crippen LogP contribution in [0.4, 0.5) is 0 Å². The molecule has 224 valence electrons. The molecular weight excluding hydrogens is 620 g/mol. The first-order valence-corrected chi connectivity index (χ1v) is 16.6. The van der Waals surface area contributed by atoms with Crippen LogP contribution in [0.5, 0.6) is 0 Å². The van der Waals surface area contributed by atoms with Crippen molar-refractivity contribution in [2.45, 2.75) is 137 Å². The zero-order valence-corrected chi connectivity index (χ0v) is 29.2. The predicted molar refractivity (Wildman–Crippen MR) is 175 cm³/mol. The topological polar surface area (TPSA) is 16.8 Å². The summed E-state index contributed by atoms with van der Waals surface area (Å²) in [5.41, 5.74) is 2.43. The molecule has 2 rings (SSSR count). The number of nitrogens with zero attached hydrogens (tertiary/aromatic N) is 2. The van der Waals surface area contributed by atoms with Gasteiger partial charge in [-0.2, -0.15) is 0 Å². The highest BCUT2D eigenvalue weighted by molar-refractivity contribution is 9.09. The van der Waals surface area contributed by atoms with Crippen LogP contribution in [0.15, 0.2) is 48.8 Å². The number of hydrogen-bond acceptors (Lipinski definition) is 1. The fourth-order valence-electron chi connectivity index (χ4n) is 3.91. The summed E-state index contributed by atoms with van der Waals surface area (Å²) < 4.78 is 2.35. The highest BCUT2D eigenvalue weighted by Gasteiger charge is 2.02. The van der Waals surface area contributed by atoms with Crippen LogP contribution in [0, 0.1) is 37.5 Å². The van der Waals surface area contributed by atoms with E-state index < -0.39 is 0 Å². The van der Waals surface area contributed by atoms with Crippen molar-refractivity contribution in [1.82, 2.24) is 4.98 Å². The van der Waals surface area contributed by atoms with Crippen molar-refractivity contribution in [2.24, 2.45) is 0 Å². The molecule has 2 heterocycles. The average molecular weight is 677 g/mol. The minimum atomic E-state index is 0. The van der Waals surface area contributed by atoms with Crippen LogP contribution in [0.2, 0.25) is 0 Å². The second kappa shape index (κ2) is 33.6. The fourth-order valence-corrected chi connectivity index (χ4v) is 4.30. The molecule has 0 saturated heterocycles. The Labute approximate surface area is 267 Å². The lowest BCUT2D eigenvalue weighted by Gasteiger charge is -2.01. The molecule has 0 aliphatic rings. The Balaban J connectivity index is 0. The largest absolute Gasteiger partial charge is 1.00 e. The third-order valence-electron chi connectivity index (χ3n) is 6.22. The Morgan fingerprint density at radius 2 is 1.18 bits per heavy atom. The summed E-state index contributed by atoms with van der Waals surface area (Å²) >= 11 is 3.44. The maximum absolute atomic E-state index is 3.98. The third-order valence-corrected chi connectivity index (χ3v) is 6.78. The Morgan fingerprint density at radius 1 is 0.650 bits per heavy atom. The van der Waals surface area contributed by atoms with Crippen molar-refractivity contribution in [3.05, 3.63) is 60.2 Å². The van der Waals surface area contributed by atoms with Crippen LogP contribution >= 0.6 is 15.9 Å². The molecule has 0 N–H and O–H groups in total. The first-order valence-electron chi connectivity index (χ1n) is 15.5. The molecule has 2 aromatic rings. The molecular formula is C36H56Br2N2. The van der Waals surface area contributed by atoms with Crippen molar-refractivity contribution >= 4 is 15.9 Å². The van der Waals surface area contributed by atoms with E-state index in [1.165, 1.54) is 82.7 Å². The zero-order chi connectivity index (χ0) is 28.7. The van der Waals surface area contributed by atoms with E-state index in [1.54, 1.807) is 6.20 Å². The number of pyridine rings is 2. The highest BCUT2D eigenvalue weighted by atomic mass is 79.9. The number of aryl methyl sites for hydroxylation is 3. The lowest BCUT2D eigenvalue weighted by molar-refractivity contribution is -0.703. The van der Waals surface area contributed by atoms with E-state index in [1.807, 2.05) is 25.1 Å². The molecule has 4 heteroatoms. The van der Waals surface area contributed by atoms with Gasteiger partial charge >= 0.3 is 0 Å². The average Bonchev–Trinajstić information content (AvgIpc) is 2.95. The van der Waals surface area contributed by atoms with Crippen LogP contribution in [0.25, 0.3) is 0 Å². The molecule has 0 spiro atoms. The van der Waals surface area contributed by atoms with Gasteiger partial charge in [0.25, 0.3) is 0 Å². The number of hydrogen-bond donors (Lipinski definition) is 0. The molecule has 0 aliphatic carbocycles. The molecule has 0 saturated carbocycles. The molecule has 0 unspecified atom stereocenters. The van der Waals surface area contributed by atoms with Gasteiger partial charge < -0.3 is 17.0 Å². The lowest BCUT2D eigenvalue weighted by atomic mass is 10.1. The minimum Gasteiger partial charge on any atom is -1.00 e. The van der Waals surface area contributed by atoms with Crippen LogP contribution in [0.1, 0.15) is 128 Å². The first-order chi connectivity index (χ1) is 19.2. The highest BCUT2D eigenvalue weighted by Crippen LogP contribution is 2.08. The van der Waals surface area contributed by atoms with E-state index in [0.29, 0.717) is 0 Å². The normalized spacial score (nSPS) is 9.32. The minimum absolute atomic E-state index is 0. The number of aromatic nitrogens is 2. The molecule has 0 fully saturated rings. The van der Waals surface area contributed by atoms with Gasteiger partial charge in [-0.3, -0.25) is 4.98 Å². The van der Waals surface area contributed by atoms with Crippen molar-refractivity contribution in [3.8, 4) is 23.7 Å². The van der Waals surface area contributed by atoms with Gasteiger partial charge in [0.1, 0.15) is 6.54 Å². The third kappa shape index (κ3) is 29.4. The van der Waals surface area contributed by atoms with Crippen LogP contribution < -0.4 is 21.5 Å². The van der Waals surface area contributed by atoms with E-state index >= 15 is 0 Å². The van der Waals surface area contributed by atoms with Gasteiger partial charge in [-0.05, 0) is 44.7 Å². The van der Waals surface area contributed by atoms with Crippen LogP contribution in [-0.2, 0) is 6.54 Å². The smallest absolute Gasteiger partial charge is 0.178 e. The predicted octanol–water partition coefficient (Wildman–Crippen LogP) is 7.35. The van der Waals surface area contributed by atoms with Gasteiger partial charge in [0, 0.05) is 68.4 Å². The standard InChI is InChI=1S/C18H28N.C12H21Br.C6H7N.BrH/c1-3-4-5-6-7-8-9-10-11-13-16-19-17-14-12-15-18(19)2;1-2-3-4-5-6-7-8-9-10-11-12-13;1-6-4-2-3-5-7-6;/h12,14-15,17H,3,6-11,13,16H2,1-2H3;2,5-12H2,1H3;2-5H,1H3;1H/q+1;;;/p-1. The van der Waals surface area contributed by atoms with Crippen molar-refractivity contribution < 1.29 is 21.5 Å². The number of rotatable bonds is 15. The second-order valence-corrected chi connectivity index (χ2v) is 10.6. The maximum Gasteiger partial charge on any atom is 0.178 e. The Hall–Kier alpha value is -1.62. The molecule has 0 radical (unpaired) electrons. The van der Waals surface area contributed by atoms with Gasteiger partial charge in [0.15, 0.2) is 11.9 Å². The number of halogens is 2. The van der Waals surface area contributed by atoms with E-state index in [9.17, 15) is 0 Å². The molecule has 0 aromatic carbocycles. The summed E-state index contributed by atoms with van der Waals surface area (Å²) in [4.78, 5) is 3.98. The summed E-state index contributed by atoms with van der Waals surface area (Å²) in [6.45, 7) is 9.53. The lowest BCUT2D eigenvalue weighted by Crippen LogP contribution is -3.00. The summed E-state index contributed by atoms with van der Waals surface area (Å²) in [5.74, 6) is 12.6. The van der Waals surface area contributed by atoms with Gasteiger partial charge in [-0.1, -0.05) is 86.9 Å². The quantitative estimate of drug-likeness (QED) is 0.0835.